The summed E-state index contributed by atoms with van der Waals surface area (Å²) in [5.41, 5.74) is 11.7. The van der Waals surface area contributed by atoms with Crippen molar-refractivity contribution in [3.63, 3.8) is 0 Å². The molecule has 2 saturated carbocycles. The Kier molecular flexibility index (Phi) is 0.649. The molecule has 0 aromatic heterocycles. The highest BCUT2D eigenvalue weighted by molar-refractivity contribution is 5.18. The van der Waals surface area contributed by atoms with E-state index in [1.54, 1.807) is 0 Å². The molecule has 3 unspecified atom stereocenters. The second-order valence-corrected chi connectivity index (χ2v) is 3.20. The maximum absolute atomic E-state index is 5.87. The highest BCUT2D eigenvalue weighted by atomic mass is 15.0. The molecule has 2 fully saturated rings. The van der Waals surface area contributed by atoms with Crippen molar-refractivity contribution < 1.29 is 0 Å². The number of rotatable bonds is 0. The molecule has 2 rings (SSSR count). The predicted molar refractivity (Wildman–Crippen MR) is 32.2 cm³/mol. The Labute approximate surface area is 49.2 Å². The van der Waals surface area contributed by atoms with E-state index >= 15 is 0 Å². The molecule has 3 atom stereocenters. The van der Waals surface area contributed by atoms with Crippen LogP contribution in [0.3, 0.4) is 0 Å². The van der Waals surface area contributed by atoms with Crippen molar-refractivity contribution in [3.8, 4) is 0 Å². The van der Waals surface area contributed by atoms with E-state index in [1.165, 1.54) is 12.8 Å². The molecule has 46 valence electrons. The summed E-state index contributed by atoms with van der Waals surface area (Å²) >= 11 is 0. The van der Waals surface area contributed by atoms with Crippen LogP contribution >= 0.6 is 0 Å². The molecule has 4 N–H and O–H groups in total. The highest BCUT2D eigenvalue weighted by Crippen LogP contribution is 2.52. The summed E-state index contributed by atoms with van der Waals surface area (Å²) in [5.74, 6) is 0.789. The molecule has 0 amide bonds. The van der Waals surface area contributed by atoms with Crippen LogP contribution in [0.5, 0.6) is 0 Å². The first-order chi connectivity index (χ1) is 3.73. The van der Waals surface area contributed by atoms with Gasteiger partial charge < -0.3 is 11.5 Å². The van der Waals surface area contributed by atoms with Gasteiger partial charge in [-0.2, -0.15) is 0 Å². The fourth-order valence-corrected chi connectivity index (χ4v) is 1.84. The van der Waals surface area contributed by atoms with Crippen LogP contribution in [-0.2, 0) is 0 Å². The van der Waals surface area contributed by atoms with E-state index in [1.807, 2.05) is 0 Å². The topological polar surface area (TPSA) is 52.0 Å². The molecule has 8 heavy (non-hydrogen) atoms. The van der Waals surface area contributed by atoms with Crippen molar-refractivity contribution in [3.05, 3.63) is 0 Å². The van der Waals surface area contributed by atoms with E-state index in [0.29, 0.717) is 6.04 Å². The molecule has 2 aliphatic rings. The monoisotopic (exact) mass is 112 g/mol. The van der Waals surface area contributed by atoms with Crippen LogP contribution in [0.15, 0.2) is 0 Å². The summed E-state index contributed by atoms with van der Waals surface area (Å²) in [5, 5.41) is 0. The van der Waals surface area contributed by atoms with E-state index in [9.17, 15) is 0 Å². The van der Waals surface area contributed by atoms with E-state index in [-0.39, 0.29) is 5.54 Å². The third-order valence-corrected chi connectivity index (χ3v) is 2.72. The van der Waals surface area contributed by atoms with Gasteiger partial charge in [-0.1, -0.05) is 0 Å². The van der Waals surface area contributed by atoms with Gasteiger partial charge >= 0.3 is 0 Å². The first-order valence-corrected chi connectivity index (χ1v) is 3.28. The molecule has 0 aliphatic heterocycles. The summed E-state index contributed by atoms with van der Waals surface area (Å²) in [4.78, 5) is 0. The van der Waals surface area contributed by atoms with Gasteiger partial charge in [0.05, 0.1) is 0 Å². The smallest absolute Gasteiger partial charge is 0.0340 e. The van der Waals surface area contributed by atoms with Gasteiger partial charge in [-0.05, 0) is 25.2 Å². The molecule has 0 aromatic carbocycles. The summed E-state index contributed by atoms with van der Waals surface area (Å²) < 4.78 is 0. The molecule has 0 radical (unpaired) electrons. The lowest BCUT2D eigenvalue weighted by Crippen LogP contribution is -2.41. The Morgan fingerprint density at radius 3 is 2.25 bits per heavy atom. The van der Waals surface area contributed by atoms with Gasteiger partial charge in [0.25, 0.3) is 0 Å². The van der Waals surface area contributed by atoms with Gasteiger partial charge in [-0.15, -0.1) is 0 Å². The largest absolute Gasteiger partial charge is 0.326 e. The van der Waals surface area contributed by atoms with Crippen LogP contribution in [0.4, 0.5) is 0 Å². The molecule has 0 bridgehead atoms. The van der Waals surface area contributed by atoms with E-state index in [4.69, 9.17) is 11.5 Å². The minimum atomic E-state index is 0.0972. The number of fused-ring (bicyclic) bond motifs is 1. The number of nitrogens with two attached hydrogens (primary N) is 2. The normalized spacial score (nSPS) is 60.8. The molecular formula is C6H12N2. The van der Waals surface area contributed by atoms with Gasteiger partial charge in [-0.25, -0.2) is 0 Å². The Morgan fingerprint density at radius 2 is 2.12 bits per heavy atom. The summed E-state index contributed by atoms with van der Waals surface area (Å²) in [7, 11) is 0. The molecule has 2 heteroatoms. The maximum Gasteiger partial charge on any atom is 0.0340 e. The molecule has 0 saturated heterocycles. The Hall–Kier alpha value is -0.0800. The first kappa shape index (κ1) is 4.77. The van der Waals surface area contributed by atoms with Gasteiger partial charge in [0.1, 0.15) is 0 Å². The van der Waals surface area contributed by atoms with Crippen molar-refractivity contribution in [2.75, 3.05) is 0 Å². The summed E-state index contributed by atoms with van der Waals surface area (Å²) in [6.07, 6.45) is 3.62. The molecule has 0 heterocycles. The maximum atomic E-state index is 5.87. The van der Waals surface area contributed by atoms with Gasteiger partial charge in [0, 0.05) is 11.6 Å². The van der Waals surface area contributed by atoms with Crippen molar-refractivity contribution >= 4 is 0 Å². The summed E-state index contributed by atoms with van der Waals surface area (Å²) in [6, 6.07) is 0.312. The van der Waals surface area contributed by atoms with Gasteiger partial charge in [0.2, 0.25) is 0 Å². The zero-order valence-corrected chi connectivity index (χ0v) is 4.93. The lowest BCUT2D eigenvalue weighted by molar-refractivity contribution is 0.540. The van der Waals surface area contributed by atoms with Crippen LogP contribution in [0.25, 0.3) is 0 Å². The zero-order valence-electron chi connectivity index (χ0n) is 4.93. The average Bonchev–Trinajstić information content (AvgIpc) is 2.31. The lowest BCUT2D eigenvalue weighted by Gasteiger charge is -2.11. The van der Waals surface area contributed by atoms with Crippen molar-refractivity contribution in [2.45, 2.75) is 30.8 Å². The average molecular weight is 112 g/mol. The third kappa shape index (κ3) is 0.361. The third-order valence-electron chi connectivity index (χ3n) is 2.72. The van der Waals surface area contributed by atoms with E-state index in [0.717, 1.165) is 12.3 Å². The predicted octanol–water partition coefficient (Wildman–Crippen LogP) is -0.175. The summed E-state index contributed by atoms with van der Waals surface area (Å²) in [6.45, 7) is 0. The Balaban J connectivity index is 2.19. The Morgan fingerprint density at radius 1 is 1.38 bits per heavy atom. The van der Waals surface area contributed by atoms with Crippen molar-refractivity contribution in [2.24, 2.45) is 17.4 Å². The SMILES string of the molecule is NC1CCC2CC12N. The minimum Gasteiger partial charge on any atom is -0.326 e. The second kappa shape index (κ2) is 1.09. The molecule has 2 nitrogen and oxygen atoms in total. The fraction of sp³-hybridized carbons (Fsp3) is 1.00. The van der Waals surface area contributed by atoms with Crippen LogP contribution in [-0.4, -0.2) is 11.6 Å². The standard InChI is InChI=1S/C6H12N2/c7-5-2-1-4-3-6(4,5)8/h4-5H,1-3,7-8H2. The Bertz CT molecular complexity index is 122. The molecule has 2 aliphatic carbocycles. The van der Waals surface area contributed by atoms with Gasteiger partial charge in [0.15, 0.2) is 0 Å². The van der Waals surface area contributed by atoms with E-state index < -0.39 is 0 Å². The number of hydrogen-bond donors (Lipinski definition) is 2. The van der Waals surface area contributed by atoms with Crippen LogP contribution < -0.4 is 11.5 Å². The molecule has 0 aromatic rings. The first-order valence-electron chi connectivity index (χ1n) is 3.28. The van der Waals surface area contributed by atoms with Crippen molar-refractivity contribution in [1.29, 1.82) is 0 Å². The van der Waals surface area contributed by atoms with Crippen LogP contribution in [0, 0.1) is 5.92 Å². The minimum absolute atomic E-state index is 0.0972. The fourth-order valence-electron chi connectivity index (χ4n) is 1.84. The van der Waals surface area contributed by atoms with Crippen LogP contribution in [0.2, 0.25) is 0 Å². The van der Waals surface area contributed by atoms with Crippen molar-refractivity contribution in [1.82, 2.24) is 0 Å². The second-order valence-electron chi connectivity index (χ2n) is 3.20. The molecular weight excluding hydrogens is 100 g/mol. The lowest BCUT2D eigenvalue weighted by atomic mass is 10.1. The quantitative estimate of drug-likeness (QED) is 0.457. The number of hydrogen-bond acceptors (Lipinski definition) is 2. The van der Waals surface area contributed by atoms with Crippen LogP contribution in [0.1, 0.15) is 19.3 Å². The highest BCUT2D eigenvalue weighted by Gasteiger charge is 2.58. The zero-order chi connectivity index (χ0) is 5.78. The van der Waals surface area contributed by atoms with Gasteiger partial charge in [-0.3, -0.25) is 0 Å². The van der Waals surface area contributed by atoms with E-state index in [2.05, 4.69) is 0 Å². The molecule has 0 spiro atoms.